The first kappa shape index (κ1) is 23.8. The summed E-state index contributed by atoms with van der Waals surface area (Å²) < 4.78 is 2.08. The summed E-state index contributed by atoms with van der Waals surface area (Å²) in [6, 6.07) is 4.39. The minimum absolute atomic E-state index is 0. The van der Waals surface area contributed by atoms with Crippen LogP contribution in [0.25, 0.3) is 5.65 Å². The summed E-state index contributed by atoms with van der Waals surface area (Å²) in [5, 5.41) is 6.89. The molecule has 1 saturated carbocycles. The zero-order valence-corrected chi connectivity index (χ0v) is 21.0. The fourth-order valence-corrected chi connectivity index (χ4v) is 4.71. The predicted molar refractivity (Wildman–Crippen MR) is 135 cm³/mol. The van der Waals surface area contributed by atoms with Gasteiger partial charge in [-0.2, -0.15) is 0 Å². The zero-order chi connectivity index (χ0) is 20.9. The first-order valence-electron chi connectivity index (χ1n) is 11.3. The average molecular weight is 538 g/mol. The summed E-state index contributed by atoms with van der Waals surface area (Å²) in [5.74, 6) is 1.42. The maximum Gasteiger partial charge on any atom is 0.225 e. The van der Waals surface area contributed by atoms with Crippen molar-refractivity contribution in [3.8, 4) is 0 Å². The van der Waals surface area contributed by atoms with E-state index in [4.69, 9.17) is 4.98 Å². The number of pyridine rings is 1. The van der Waals surface area contributed by atoms with Crippen LogP contribution in [0.4, 0.5) is 0 Å². The number of likely N-dealkylation sites (tertiary alicyclic amines) is 1. The molecule has 0 aromatic carbocycles. The molecule has 2 aromatic rings. The van der Waals surface area contributed by atoms with Crippen LogP contribution in [0.2, 0.25) is 0 Å². The van der Waals surface area contributed by atoms with Crippen molar-refractivity contribution in [3.63, 3.8) is 0 Å². The molecule has 8 heteroatoms. The maximum atomic E-state index is 12.8. The molecule has 1 atom stereocenters. The SMILES string of the molecule is CN=C(NCCc1cn2cccc(C)c2n1)NC1CCN(C(=O)C2CCCCC2)C1.I. The first-order chi connectivity index (χ1) is 14.6. The van der Waals surface area contributed by atoms with E-state index in [0.29, 0.717) is 5.91 Å². The van der Waals surface area contributed by atoms with E-state index in [2.05, 4.69) is 44.1 Å². The van der Waals surface area contributed by atoms with E-state index in [1.165, 1.54) is 24.8 Å². The van der Waals surface area contributed by atoms with Gasteiger partial charge in [-0.3, -0.25) is 9.79 Å². The average Bonchev–Trinajstić information content (AvgIpc) is 3.41. The van der Waals surface area contributed by atoms with E-state index in [9.17, 15) is 4.79 Å². The van der Waals surface area contributed by atoms with Gasteiger partial charge in [-0.25, -0.2) is 4.98 Å². The Bertz CT molecular complexity index is 905. The van der Waals surface area contributed by atoms with Gasteiger partial charge in [-0.05, 0) is 37.8 Å². The number of aliphatic imine (C=N–C) groups is 1. The number of hydrogen-bond acceptors (Lipinski definition) is 3. The zero-order valence-electron chi connectivity index (χ0n) is 18.6. The van der Waals surface area contributed by atoms with Crippen molar-refractivity contribution in [2.75, 3.05) is 26.7 Å². The van der Waals surface area contributed by atoms with Crippen LogP contribution in [0.1, 0.15) is 49.8 Å². The van der Waals surface area contributed by atoms with Gasteiger partial charge in [0.05, 0.1) is 5.69 Å². The number of carbonyl (C=O) groups is 1. The van der Waals surface area contributed by atoms with Crippen LogP contribution in [0.5, 0.6) is 0 Å². The van der Waals surface area contributed by atoms with Crippen molar-refractivity contribution >= 4 is 41.5 Å². The van der Waals surface area contributed by atoms with Crippen LogP contribution >= 0.6 is 24.0 Å². The highest BCUT2D eigenvalue weighted by Gasteiger charge is 2.31. The van der Waals surface area contributed by atoms with E-state index in [-0.39, 0.29) is 35.9 Å². The predicted octanol–water partition coefficient (Wildman–Crippen LogP) is 3.15. The second-order valence-electron chi connectivity index (χ2n) is 8.65. The normalized spacial score (nSPS) is 20.0. The molecule has 2 N–H and O–H groups in total. The lowest BCUT2D eigenvalue weighted by Gasteiger charge is -2.26. The molecule has 7 nitrogen and oxygen atoms in total. The van der Waals surface area contributed by atoms with Crippen molar-refractivity contribution in [1.29, 1.82) is 0 Å². The molecule has 1 unspecified atom stereocenters. The highest BCUT2D eigenvalue weighted by Crippen LogP contribution is 2.26. The molecule has 31 heavy (non-hydrogen) atoms. The Balaban J connectivity index is 0.00000272. The van der Waals surface area contributed by atoms with Crippen molar-refractivity contribution < 1.29 is 4.79 Å². The summed E-state index contributed by atoms with van der Waals surface area (Å²) >= 11 is 0. The fourth-order valence-electron chi connectivity index (χ4n) is 4.71. The Morgan fingerprint density at radius 3 is 2.81 bits per heavy atom. The Hall–Kier alpha value is -1.84. The molecule has 2 aromatic heterocycles. The highest BCUT2D eigenvalue weighted by atomic mass is 127. The van der Waals surface area contributed by atoms with E-state index >= 15 is 0 Å². The summed E-state index contributed by atoms with van der Waals surface area (Å²) in [5.41, 5.74) is 3.27. The quantitative estimate of drug-likeness (QED) is 0.349. The van der Waals surface area contributed by atoms with Crippen LogP contribution in [0.15, 0.2) is 29.5 Å². The minimum Gasteiger partial charge on any atom is -0.356 e. The van der Waals surface area contributed by atoms with Gasteiger partial charge < -0.3 is 19.9 Å². The van der Waals surface area contributed by atoms with E-state index in [0.717, 1.165) is 62.6 Å². The van der Waals surface area contributed by atoms with Gasteiger partial charge in [-0.1, -0.05) is 25.3 Å². The second kappa shape index (κ2) is 11.2. The molecule has 1 aliphatic carbocycles. The van der Waals surface area contributed by atoms with Crippen LogP contribution in [-0.4, -0.2) is 58.9 Å². The lowest BCUT2D eigenvalue weighted by molar-refractivity contribution is -0.135. The van der Waals surface area contributed by atoms with Gasteiger partial charge in [0.1, 0.15) is 5.65 Å². The van der Waals surface area contributed by atoms with Crippen LogP contribution in [0.3, 0.4) is 0 Å². The number of fused-ring (bicyclic) bond motifs is 1. The molecule has 3 heterocycles. The van der Waals surface area contributed by atoms with E-state index in [1.807, 2.05) is 12.3 Å². The summed E-state index contributed by atoms with van der Waals surface area (Å²) in [6.07, 6.45) is 11.8. The van der Waals surface area contributed by atoms with Gasteiger partial charge in [-0.15, -0.1) is 24.0 Å². The van der Waals surface area contributed by atoms with Gasteiger partial charge in [0.15, 0.2) is 5.96 Å². The number of guanidine groups is 1. The Labute approximate surface area is 202 Å². The van der Waals surface area contributed by atoms with E-state index in [1.54, 1.807) is 7.05 Å². The minimum atomic E-state index is 0. The molecule has 0 radical (unpaired) electrons. The lowest BCUT2D eigenvalue weighted by atomic mass is 9.88. The molecule has 2 fully saturated rings. The van der Waals surface area contributed by atoms with Crippen molar-refractivity contribution in [3.05, 3.63) is 35.8 Å². The molecule has 0 spiro atoms. The molecule has 4 rings (SSSR count). The Morgan fingerprint density at radius 2 is 2.06 bits per heavy atom. The number of aromatic nitrogens is 2. The Morgan fingerprint density at radius 1 is 1.26 bits per heavy atom. The topological polar surface area (TPSA) is 74.0 Å². The van der Waals surface area contributed by atoms with Crippen molar-refractivity contribution in [1.82, 2.24) is 24.9 Å². The van der Waals surface area contributed by atoms with Gasteiger partial charge in [0.2, 0.25) is 5.91 Å². The van der Waals surface area contributed by atoms with Gasteiger partial charge in [0.25, 0.3) is 0 Å². The number of aryl methyl sites for hydroxylation is 1. The highest BCUT2D eigenvalue weighted by molar-refractivity contribution is 14.0. The first-order valence-corrected chi connectivity index (χ1v) is 11.3. The molecule has 0 bridgehead atoms. The fraction of sp³-hybridized carbons (Fsp3) is 0.609. The maximum absolute atomic E-state index is 12.8. The lowest BCUT2D eigenvalue weighted by Crippen LogP contribution is -2.46. The van der Waals surface area contributed by atoms with Crippen LogP contribution in [0, 0.1) is 12.8 Å². The Kier molecular flexibility index (Phi) is 8.57. The third kappa shape index (κ3) is 5.90. The number of halogens is 1. The number of imidazole rings is 1. The van der Waals surface area contributed by atoms with Crippen LogP contribution < -0.4 is 10.6 Å². The number of nitrogens with zero attached hydrogens (tertiary/aromatic N) is 4. The third-order valence-corrected chi connectivity index (χ3v) is 6.42. The molecular formula is C23H35IN6O. The molecule has 170 valence electrons. The molecule has 1 amide bonds. The molecular weight excluding hydrogens is 503 g/mol. The van der Waals surface area contributed by atoms with Gasteiger partial charge in [0, 0.05) is 57.5 Å². The monoisotopic (exact) mass is 538 g/mol. The molecule has 1 aliphatic heterocycles. The number of hydrogen-bond donors (Lipinski definition) is 2. The molecule has 2 aliphatic rings. The van der Waals surface area contributed by atoms with Crippen LogP contribution in [-0.2, 0) is 11.2 Å². The number of nitrogens with one attached hydrogen (secondary N) is 2. The second-order valence-corrected chi connectivity index (χ2v) is 8.65. The van der Waals surface area contributed by atoms with Gasteiger partial charge >= 0.3 is 0 Å². The number of carbonyl (C=O) groups excluding carboxylic acids is 1. The summed E-state index contributed by atoms with van der Waals surface area (Å²) in [7, 11) is 1.80. The summed E-state index contributed by atoms with van der Waals surface area (Å²) in [6.45, 7) is 4.48. The number of rotatable bonds is 5. The molecule has 1 saturated heterocycles. The van der Waals surface area contributed by atoms with Crippen molar-refractivity contribution in [2.45, 2.75) is 57.9 Å². The smallest absolute Gasteiger partial charge is 0.225 e. The van der Waals surface area contributed by atoms with E-state index < -0.39 is 0 Å². The largest absolute Gasteiger partial charge is 0.356 e. The third-order valence-electron chi connectivity index (χ3n) is 6.42. The van der Waals surface area contributed by atoms with Crippen molar-refractivity contribution in [2.24, 2.45) is 10.9 Å². The standard InChI is InChI=1S/C23H34N6O.HI/c1-17-7-6-13-28-15-19(26-21(17)28)10-12-25-23(24-2)27-20-11-14-29(16-20)22(30)18-8-4-3-5-9-18;/h6-7,13,15,18,20H,3-5,8-12,14,16H2,1-2H3,(H2,24,25,27);1H. The number of amides is 1. The summed E-state index contributed by atoms with van der Waals surface area (Å²) in [4.78, 5) is 23.9.